The minimum absolute atomic E-state index is 0.247. The van der Waals surface area contributed by atoms with Gasteiger partial charge in [-0.25, -0.2) is 4.79 Å². The zero-order chi connectivity index (χ0) is 14.8. The number of ether oxygens (including phenoxy) is 1. The molecule has 3 aliphatic rings. The average Bonchev–Trinajstić information content (AvgIpc) is 2.81. The number of rotatable bonds is 1. The Bertz CT molecular complexity index is 568. The molecule has 108 valence electrons. The van der Waals surface area contributed by atoms with Crippen molar-refractivity contribution < 1.29 is 14.3 Å². The van der Waals surface area contributed by atoms with Crippen LogP contribution in [-0.2, 0) is 14.3 Å². The van der Waals surface area contributed by atoms with Crippen LogP contribution in [0, 0.1) is 23.2 Å². The van der Waals surface area contributed by atoms with E-state index in [1.807, 2.05) is 11.8 Å². The summed E-state index contributed by atoms with van der Waals surface area (Å²) in [4.78, 5) is 25.6. The third kappa shape index (κ3) is 1.67. The highest BCUT2D eigenvalue weighted by Gasteiger charge is 2.59. The molecule has 1 aliphatic carbocycles. The molecular weight excluding hydrogens is 272 g/mol. The van der Waals surface area contributed by atoms with Crippen LogP contribution in [0.2, 0.25) is 0 Å². The molecule has 1 fully saturated rings. The van der Waals surface area contributed by atoms with Gasteiger partial charge in [0.2, 0.25) is 0 Å². The lowest BCUT2D eigenvalue weighted by atomic mass is 9.61. The molecule has 2 aliphatic heterocycles. The first-order chi connectivity index (χ1) is 9.25. The second-order valence-electron chi connectivity index (χ2n) is 6.83. The average molecular weight is 292 g/mol. The Morgan fingerprint density at radius 3 is 2.55 bits per heavy atom. The molecule has 3 unspecified atom stereocenters. The summed E-state index contributed by atoms with van der Waals surface area (Å²) < 4.78 is 4.95. The van der Waals surface area contributed by atoms with Crippen molar-refractivity contribution >= 4 is 23.7 Å². The van der Waals surface area contributed by atoms with Crippen LogP contribution < -0.4 is 0 Å². The van der Waals surface area contributed by atoms with E-state index in [9.17, 15) is 9.59 Å². The summed E-state index contributed by atoms with van der Waals surface area (Å²) in [5, 5.41) is 0.312. The summed E-state index contributed by atoms with van der Waals surface area (Å²) in [7, 11) is 0. The van der Waals surface area contributed by atoms with Crippen LogP contribution in [-0.4, -0.2) is 17.2 Å². The lowest BCUT2D eigenvalue weighted by Gasteiger charge is -2.44. The van der Waals surface area contributed by atoms with Crippen LogP contribution in [0.4, 0.5) is 0 Å². The van der Waals surface area contributed by atoms with E-state index in [2.05, 4.69) is 40.7 Å². The highest BCUT2D eigenvalue weighted by Crippen LogP contribution is 2.59. The summed E-state index contributed by atoms with van der Waals surface area (Å²) in [6.45, 7) is 10.5. The molecule has 0 aromatic carbocycles. The van der Waals surface area contributed by atoms with Crippen molar-refractivity contribution in [2.24, 2.45) is 23.2 Å². The fourth-order valence-electron chi connectivity index (χ4n) is 3.96. The Balaban J connectivity index is 2.25. The molecule has 3 nitrogen and oxygen atoms in total. The summed E-state index contributed by atoms with van der Waals surface area (Å²) in [5.41, 5.74) is 1.49. The van der Waals surface area contributed by atoms with Gasteiger partial charge in [-0.1, -0.05) is 33.8 Å². The van der Waals surface area contributed by atoms with Crippen molar-refractivity contribution in [3.8, 4) is 0 Å². The maximum atomic E-state index is 12.2. The molecule has 0 bridgehead atoms. The predicted molar refractivity (Wildman–Crippen MR) is 78.9 cm³/mol. The Morgan fingerprint density at radius 1 is 1.30 bits per heavy atom. The van der Waals surface area contributed by atoms with E-state index in [0.717, 1.165) is 5.57 Å². The van der Waals surface area contributed by atoms with Crippen LogP contribution in [0.25, 0.3) is 0 Å². The first-order valence-corrected chi connectivity index (χ1v) is 7.98. The van der Waals surface area contributed by atoms with Crippen molar-refractivity contribution in [1.29, 1.82) is 0 Å². The van der Waals surface area contributed by atoms with Gasteiger partial charge in [0.05, 0.1) is 11.5 Å². The number of carbonyl (C=O) groups excluding carboxylic acids is 2. The predicted octanol–water partition coefficient (Wildman–Crippen LogP) is 3.31. The fourth-order valence-corrected chi connectivity index (χ4v) is 5.40. The number of allylic oxidation sites excluding steroid dienone is 3. The van der Waals surface area contributed by atoms with E-state index < -0.39 is 11.9 Å². The van der Waals surface area contributed by atoms with Gasteiger partial charge >= 0.3 is 11.9 Å². The maximum Gasteiger partial charge on any atom is 0.342 e. The molecule has 3 rings (SSSR count). The molecule has 0 amide bonds. The summed E-state index contributed by atoms with van der Waals surface area (Å²) in [6, 6.07) is 0. The number of thioether (sulfide) groups is 1. The van der Waals surface area contributed by atoms with E-state index in [-0.39, 0.29) is 23.2 Å². The molecule has 20 heavy (non-hydrogen) atoms. The molecule has 4 heteroatoms. The number of cyclic esters (lactones) is 2. The lowest BCUT2D eigenvalue weighted by Crippen LogP contribution is -2.45. The minimum atomic E-state index is -0.418. The molecule has 0 aromatic heterocycles. The summed E-state index contributed by atoms with van der Waals surface area (Å²) in [5.74, 6) is -0.688. The van der Waals surface area contributed by atoms with E-state index in [1.165, 1.54) is 4.91 Å². The van der Waals surface area contributed by atoms with Gasteiger partial charge in [-0.05, 0) is 28.7 Å². The molecule has 1 saturated heterocycles. The third-order valence-electron chi connectivity index (χ3n) is 4.76. The van der Waals surface area contributed by atoms with Gasteiger partial charge in [0.15, 0.2) is 0 Å². The molecule has 0 aromatic rings. The molecular formula is C16H20O3S. The van der Waals surface area contributed by atoms with Crippen molar-refractivity contribution in [3.05, 3.63) is 22.1 Å². The Labute approximate surface area is 123 Å². The highest BCUT2D eigenvalue weighted by molar-refractivity contribution is 8.03. The number of hydrogen-bond acceptors (Lipinski definition) is 4. The van der Waals surface area contributed by atoms with Gasteiger partial charge in [0.25, 0.3) is 0 Å². The topological polar surface area (TPSA) is 43.4 Å². The SMILES string of the molecule is CC1=CC2C(C(C)C)=C3C(=O)OC(=O)C3C(C)(C)C2S1. The minimum Gasteiger partial charge on any atom is -0.389 e. The van der Waals surface area contributed by atoms with Crippen molar-refractivity contribution in [2.45, 2.75) is 39.9 Å². The zero-order valence-corrected chi connectivity index (χ0v) is 13.3. The number of hydrogen-bond donors (Lipinski definition) is 0. The zero-order valence-electron chi connectivity index (χ0n) is 12.5. The van der Waals surface area contributed by atoms with E-state index >= 15 is 0 Å². The smallest absolute Gasteiger partial charge is 0.342 e. The van der Waals surface area contributed by atoms with Crippen molar-refractivity contribution in [1.82, 2.24) is 0 Å². The molecule has 0 radical (unpaired) electrons. The normalized spacial score (nSPS) is 35.1. The molecule has 0 spiro atoms. The van der Waals surface area contributed by atoms with Crippen LogP contribution in [0.1, 0.15) is 34.6 Å². The van der Waals surface area contributed by atoms with Gasteiger partial charge in [-0.3, -0.25) is 4.79 Å². The van der Waals surface area contributed by atoms with Crippen molar-refractivity contribution in [2.75, 3.05) is 0 Å². The second-order valence-corrected chi connectivity index (χ2v) is 8.22. The van der Waals surface area contributed by atoms with Crippen LogP contribution in [0.15, 0.2) is 22.1 Å². The molecule has 0 saturated carbocycles. The van der Waals surface area contributed by atoms with Crippen molar-refractivity contribution in [3.63, 3.8) is 0 Å². The van der Waals surface area contributed by atoms with E-state index in [1.54, 1.807) is 0 Å². The fraction of sp³-hybridized carbons (Fsp3) is 0.625. The quantitative estimate of drug-likeness (QED) is 0.549. The maximum absolute atomic E-state index is 12.2. The second kappa shape index (κ2) is 4.23. The van der Waals surface area contributed by atoms with Crippen LogP contribution in [0.3, 0.4) is 0 Å². The Morgan fingerprint density at radius 2 is 1.95 bits per heavy atom. The highest BCUT2D eigenvalue weighted by atomic mass is 32.2. The number of carbonyl (C=O) groups is 2. The largest absolute Gasteiger partial charge is 0.389 e. The van der Waals surface area contributed by atoms with Gasteiger partial charge in [-0.15, -0.1) is 11.8 Å². The number of esters is 2. The first kappa shape index (κ1) is 13.9. The van der Waals surface area contributed by atoms with Crippen LogP contribution in [0.5, 0.6) is 0 Å². The van der Waals surface area contributed by atoms with E-state index in [4.69, 9.17) is 4.74 Å². The van der Waals surface area contributed by atoms with Gasteiger partial charge in [0, 0.05) is 11.2 Å². The molecule has 0 N–H and O–H groups in total. The van der Waals surface area contributed by atoms with Gasteiger partial charge in [-0.2, -0.15) is 0 Å². The van der Waals surface area contributed by atoms with Gasteiger partial charge in [0.1, 0.15) is 0 Å². The van der Waals surface area contributed by atoms with Gasteiger partial charge < -0.3 is 4.74 Å². The molecule has 3 atom stereocenters. The third-order valence-corrected chi connectivity index (χ3v) is 6.42. The summed E-state index contributed by atoms with van der Waals surface area (Å²) >= 11 is 1.84. The molecule has 2 heterocycles. The van der Waals surface area contributed by atoms with Crippen LogP contribution >= 0.6 is 11.8 Å². The first-order valence-electron chi connectivity index (χ1n) is 7.10. The lowest BCUT2D eigenvalue weighted by molar-refractivity contribution is -0.153. The Hall–Kier alpha value is -1.03. The monoisotopic (exact) mass is 292 g/mol. The Kier molecular flexibility index (Phi) is 2.95. The van der Waals surface area contributed by atoms with E-state index in [0.29, 0.717) is 10.8 Å². The standard InChI is InChI=1S/C16H20O3S/c1-7(2)10-9-6-8(3)20-13(9)16(4,5)12-11(10)14(17)19-15(12)18/h6-7,9,12-13H,1-5H3. The summed E-state index contributed by atoms with van der Waals surface area (Å²) in [6.07, 6.45) is 2.26. The number of fused-ring (bicyclic) bond motifs is 2.